The molecule has 1 aromatic carbocycles. The van der Waals surface area contributed by atoms with Gasteiger partial charge in [0.15, 0.2) is 0 Å². The number of carbonyl (C=O) groups is 4. The van der Waals surface area contributed by atoms with Gasteiger partial charge in [0, 0.05) is 6.54 Å². The molecule has 0 bridgehead atoms. The van der Waals surface area contributed by atoms with Gasteiger partial charge in [-0.15, -0.1) is 0 Å². The van der Waals surface area contributed by atoms with Crippen LogP contribution in [0.25, 0.3) is 0 Å². The van der Waals surface area contributed by atoms with E-state index in [0.29, 0.717) is 5.75 Å². The zero-order chi connectivity index (χ0) is 19.4. The number of rotatable bonds is 6. The van der Waals surface area contributed by atoms with Gasteiger partial charge in [-0.1, -0.05) is 25.0 Å². The van der Waals surface area contributed by atoms with Gasteiger partial charge in [0.2, 0.25) is 11.8 Å². The Morgan fingerprint density at radius 2 is 1.59 bits per heavy atom. The molecule has 2 amide bonds. The standard InChI is InChI=1S/C20H23NO6/c1-26-18(23)12-13-6-8-14(9-7-13)27-17(22)10-11-21-19(24)15-4-2-3-5-16(15)20(21)25/h6-9,15-16H,2-5,10-12H2,1H3/t15-,16+. The zero-order valence-corrected chi connectivity index (χ0v) is 15.3. The summed E-state index contributed by atoms with van der Waals surface area (Å²) in [6, 6.07) is 6.54. The summed E-state index contributed by atoms with van der Waals surface area (Å²) in [5, 5.41) is 0. The minimum absolute atomic E-state index is 0.0408. The van der Waals surface area contributed by atoms with Crippen molar-refractivity contribution in [2.24, 2.45) is 11.8 Å². The van der Waals surface area contributed by atoms with Crippen molar-refractivity contribution in [1.82, 2.24) is 4.90 Å². The summed E-state index contributed by atoms with van der Waals surface area (Å²) < 4.78 is 9.84. The summed E-state index contributed by atoms with van der Waals surface area (Å²) in [4.78, 5) is 49.3. The lowest BCUT2D eigenvalue weighted by Crippen LogP contribution is -2.33. The molecule has 0 spiro atoms. The van der Waals surface area contributed by atoms with Gasteiger partial charge in [0.1, 0.15) is 5.75 Å². The summed E-state index contributed by atoms with van der Waals surface area (Å²) in [6.07, 6.45) is 3.57. The summed E-state index contributed by atoms with van der Waals surface area (Å²) in [6.45, 7) is 0.0594. The van der Waals surface area contributed by atoms with E-state index in [1.165, 1.54) is 12.0 Å². The number of benzene rings is 1. The van der Waals surface area contributed by atoms with Crippen LogP contribution in [0.5, 0.6) is 5.75 Å². The van der Waals surface area contributed by atoms with Crippen LogP contribution in [0.3, 0.4) is 0 Å². The van der Waals surface area contributed by atoms with Gasteiger partial charge >= 0.3 is 11.9 Å². The molecule has 1 saturated heterocycles. The molecule has 1 aromatic rings. The Bertz CT molecular complexity index is 717. The van der Waals surface area contributed by atoms with E-state index < -0.39 is 5.97 Å². The van der Waals surface area contributed by atoms with Gasteiger partial charge in [0.25, 0.3) is 0 Å². The van der Waals surface area contributed by atoms with E-state index in [2.05, 4.69) is 4.74 Å². The van der Waals surface area contributed by atoms with E-state index in [0.717, 1.165) is 31.2 Å². The quantitative estimate of drug-likeness (QED) is 0.430. The molecule has 1 aliphatic carbocycles. The Balaban J connectivity index is 1.50. The Kier molecular flexibility index (Phi) is 5.88. The Morgan fingerprint density at radius 3 is 2.15 bits per heavy atom. The molecular weight excluding hydrogens is 350 g/mol. The normalized spacial score (nSPS) is 21.7. The molecule has 144 valence electrons. The lowest BCUT2D eigenvalue weighted by Gasteiger charge is -2.19. The van der Waals surface area contributed by atoms with Crippen molar-refractivity contribution in [3.8, 4) is 5.75 Å². The smallest absolute Gasteiger partial charge is 0.312 e. The molecule has 27 heavy (non-hydrogen) atoms. The molecular formula is C20H23NO6. The molecule has 0 unspecified atom stereocenters. The highest BCUT2D eigenvalue weighted by molar-refractivity contribution is 6.05. The van der Waals surface area contributed by atoms with Gasteiger partial charge in [-0.2, -0.15) is 0 Å². The predicted octanol–water partition coefficient (Wildman–Crippen LogP) is 1.87. The first-order valence-electron chi connectivity index (χ1n) is 9.21. The Morgan fingerprint density at radius 1 is 1.00 bits per heavy atom. The fourth-order valence-electron chi connectivity index (χ4n) is 3.75. The maximum Gasteiger partial charge on any atom is 0.312 e. The molecule has 0 radical (unpaired) electrons. The van der Waals surface area contributed by atoms with Crippen molar-refractivity contribution in [1.29, 1.82) is 0 Å². The summed E-state index contributed by atoms with van der Waals surface area (Å²) >= 11 is 0. The molecule has 0 N–H and O–H groups in total. The second-order valence-corrected chi connectivity index (χ2v) is 6.95. The highest BCUT2D eigenvalue weighted by Gasteiger charge is 2.47. The number of ether oxygens (including phenoxy) is 2. The topological polar surface area (TPSA) is 90.0 Å². The highest BCUT2D eigenvalue weighted by Crippen LogP contribution is 2.37. The largest absolute Gasteiger partial charge is 0.469 e. The SMILES string of the molecule is COC(=O)Cc1ccc(OC(=O)CCN2C(=O)[C@H]3CCCC[C@H]3C2=O)cc1. The predicted molar refractivity (Wildman–Crippen MR) is 94.6 cm³/mol. The van der Waals surface area contributed by atoms with Crippen LogP contribution in [0.2, 0.25) is 0 Å². The lowest BCUT2D eigenvalue weighted by atomic mass is 9.81. The zero-order valence-electron chi connectivity index (χ0n) is 15.3. The molecule has 2 aliphatic rings. The van der Waals surface area contributed by atoms with E-state index in [-0.39, 0.29) is 49.0 Å². The number of carbonyl (C=O) groups excluding carboxylic acids is 4. The Labute approximate surface area is 157 Å². The number of nitrogens with zero attached hydrogens (tertiary/aromatic N) is 1. The van der Waals surface area contributed by atoms with Crippen LogP contribution in [-0.2, 0) is 30.3 Å². The van der Waals surface area contributed by atoms with Crippen molar-refractivity contribution < 1.29 is 28.7 Å². The number of hydrogen-bond acceptors (Lipinski definition) is 6. The van der Waals surface area contributed by atoms with E-state index in [4.69, 9.17) is 4.74 Å². The number of methoxy groups -OCH3 is 1. The molecule has 7 nitrogen and oxygen atoms in total. The van der Waals surface area contributed by atoms with Crippen molar-refractivity contribution in [2.45, 2.75) is 38.5 Å². The van der Waals surface area contributed by atoms with Crippen molar-refractivity contribution >= 4 is 23.8 Å². The summed E-state index contributed by atoms with van der Waals surface area (Å²) in [7, 11) is 1.32. The maximum absolute atomic E-state index is 12.4. The number of esters is 2. The monoisotopic (exact) mass is 373 g/mol. The van der Waals surface area contributed by atoms with Crippen LogP contribution in [0.1, 0.15) is 37.7 Å². The van der Waals surface area contributed by atoms with E-state index in [1.807, 2.05) is 0 Å². The molecule has 2 fully saturated rings. The molecule has 1 aliphatic heterocycles. The molecule has 1 heterocycles. The third-order valence-electron chi connectivity index (χ3n) is 5.20. The first-order chi connectivity index (χ1) is 13.0. The van der Waals surface area contributed by atoms with Crippen LogP contribution in [-0.4, -0.2) is 42.3 Å². The van der Waals surface area contributed by atoms with Crippen molar-refractivity contribution in [2.75, 3.05) is 13.7 Å². The van der Waals surface area contributed by atoms with Crippen LogP contribution < -0.4 is 4.74 Å². The third-order valence-corrected chi connectivity index (χ3v) is 5.20. The van der Waals surface area contributed by atoms with Crippen LogP contribution in [0.15, 0.2) is 24.3 Å². The van der Waals surface area contributed by atoms with Crippen molar-refractivity contribution in [3.05, 3.63) is 29.8 Å². The number of amides is 2. The van der Waals surface area contributed by atoms with Crippen molar-refractivity contribution in [3.63, 3.8) is 0 Å². The van der Waals surface area contributed by atoms with Gasteiger partial charge in [-0.3, -0.25) is 24.1 Å². The van der Waals surface area contributed by atoms with Gasteiger partial charge < -0.3 is 9.47 Å². The van der Waals surface area contributed by atoms with Gasteiger partial charge in [0.05, 0.1) is 31.8 Å². The Hall–Kier alpha value is -2.70. The summed E-state index contributed by atoms with van der Waals surface area (Å²) in [5.74, 6) is -1.21. The van der Waals surface area contributed by atoms with Crippen LogP contribution in [0, 0.1) is 11.8 Å². The van der Waals surface area contributed by atoms with Gasteiger partial charge in [-0.25, -0.2) is 0 Å². The molecule has 0 aromatic heterocycles. The summed E-state index contributed by atoms with van der Waals surface area (Å²) in [5.41, 5.74) is 0.748. The van der Waals surface area contributed by atoms with Crippen LogP contribution in [0.4, 0.5) is 0 Å². The molecule has 2 atom stereocenters. The average Bonchev–Trinajstić information content (AvgIpc) is 2.92. The number of fused-ring (bicyclic) bond motifs is 1. The van der Waals surface area contributed by atoms with E-state index in [1.54, 1.807) is 24.3 Å². The first kappa shape index (κ1) is 19.1. The average molecular weight is 373 g/mol. The molecule has 1 saturated carbocycles. The minimum Gasteiger partial charge on any atom is -0.469 e. The van der Waals surface area contributed by atoms with Gasteiger partial charge in [-0.05, 0) is 30.5 Å². The highest BCUT2D eigenvalue weighted by atomic mass is 16.5. The third kappa shape index (κ3) is 4.35. The molecule has 7 heteroatoms. The number of imide groups is 1. The first-order valence-corrected chi connectivity index (χ1v) is 9.21. The maximum atomic E-state index is 12.4. The van der Waals surface area contributed by atoms with E-state index >= 15 is 0 Å². The minimum atomic E-state index is -0.508. The number of likely N-dealkylation sites (tertiary alicyclic amines) is 1. The molecule has 3 rings (SSSR count). The fraction of sp³-hybridized carbons (Fsp3) is 0.500. The van der Waals surface area contributed by atoms with Crippen LogP contribution >= 0.6 is 0 Å². The second-order valence-electron chi connectivity index (χ2n) is 6.95. The lowest BCUT2D eigenvalue weighted by molar-refractivity contribution is -0.142. The fourth-order valence-corrected chi connectivity index (χ4v) is 3.75. The van der Waals surface area contributed by atoms with E-state index in [9.17, 15) is 19.2 Å². The second kappa shape index (κ2) is 8.33. The number of hydrogen-bond donors (Lipinski definition) is 0.